The minimum atomic E-state index is 0.393. The number of nitrogens with zero attached hydrogens (tertiary/aromatic N) is 5. The third-order valence-electron chi connectivity index (χ3n) is 3.48. The van der Waals surface area contributed by atoms with E-state index in [1.807, 2.05) is 37.5 Å². The molecule has 4 rings (SSSR count). The first-order chi connectivity index (χ1) is 11.1. The van der Waals surface area contributed by atoms with Crippen LogP contribution in [0.5, 0.6) is 0 Å². The van der Waals surface area contributed by atoms with E-state index < -0.39 is 0 Å². The molecule has 0 bridgehead atoms. The molecule has 23 heavy (non-hydrogen) atoms. The van der Waals surface area contributed by atoms with Crippen molar-refractivity contribution >= 4 is 33.5 Å². The van der Waals surface area contributed by atoms with Crippen LogP contribution in [0.4, 0.5) is 0 Å². The highest BCUT2D eigenvalue weighted by atomic mass is 127. The summed E-state index contributed by atoms with van der Waals surface area (Å²) in [4.78, 5) is 4.60. The van der Waals surface area contributed by atoms with Crippen molar-refractivity contribution in [3.63, 3.8) is 0 Å². The van der Waals surface area contributed by atoms with Crippen LogP contribution in [0.15, 0.2) is 40.9 Å². The van der Waals surface area contributed by atoms with Crippen molar-refractivity contribution in [3.8, 4) is 23.2 Å². The molecule has 0 unspecified atom stereocenters. The molecule has 3 heterocycles. The van der Waals surface area contributed by atoms with E-state index in [1.54, 1.807) is 4.68 Å². The summed E-state index contributed by atoms with van der Waals surface area (Å²) < 4.78 is 8.44. The van der Waals surface area contributed by atoms with Gasteiger partial charge in [-0.15, -0.1) is 10.2 Å². The number of benzene rings is 1. The van der Waals surface area contributed by atoms with E-state index in [9.17, 15) is 0 Å². The lowest BCUT2D eigenvalue weighted by atomic mass is 10.1. The molecule has 6 nitrogen and oxygen atoms in total. The first-order valence-electron chi connectivity index (χ1n) is 7.01. The molecule has 4 aromatic rings. The molecule has 0 saturated heterocycles. The molecule has 0 amide bonds. The zero-order valence-electron chi connectivity index (χ0n) is 12.5. The van der Waals surface area contributed by atoms with Crippen LogP contribution in [-0.2, 0) is 7.05 Å². The fraction of sp³-hybridized carbons (Fsp3) is 0.125. The van der Waals surface area contributed by atoms with E-state index >= 15 is 0 Å². The summed E-state index contributed by atoms with van der Waals surface area (Å²) in [7, 11) is 1.86. The Bertz CT molecular complexity index is 1020. The van der Waals surface area contributed by atoms with Crippen LogP contribution in [0.25, 0.3) is 34.1 Å². The number of fused-ring (bicyclic) bond motifs is 1. The van der Waals surface area contributed by atoms with Gasteiger partial charge in [-0.05, 0) is 47.7 Å². The third kappa shape index (κ3) is 2.61. The van der Waals surface area contributed by atoms with Gasteiger partial charge in [0.1, 0.15) is 5.69 Å². The summed E-state index contributed by atoms with van der Waals surface area (Å²) in [5, 5.41) is 13.6. The monoisotopic (exact) mass is 417 g/mol. The second-order valence-electron chi connectivity index (χ2n) is 5.30. The average molecular weight is 417 g/mol. The number of halogens is 1. The summed E-state index contributed by atoms with van der Waals surface area (Å²) >= 11 is 2.20. The van der Waals surface area contributed by atoms with Crippen molar-refractivity contribution in [1.82, 2.24) is 25.0 Å². The Morgan fingerprint density at radius 2 is 1.91 bits per heavy atom. The van der Waals surface area contributed by atoms with E-state index in [4.69, 9.17) is 4.42 Å². The lowest BCUT2D eigenvalue weighted by molar-refractivity contribution is 0.577. The predicted octanol–water partition coefficient (Wildman–Crippen LogP) is 3.60. The second kappa shape index (κ2) is 5.41. The molecule has 7 heteroatoms. The van der Waals surface area contributed by atoms with Crippen molar-refractivity contribution in [2.24, 2.45) is 7.05 Å². The number of rotatable bonds is 2. The minimum absolute atomic E-state index is 0.393. The van der Waals surface area contributed by atoms with Gasteiger partial charge in [-0.25, -0.2) is 4.98 Å². The molecule has 3 aromatic heterocycles. The van der Waals surface area contributed by atoms with Gasteiger partial charge >= 0.3 is 0 Å². The highest BCUT2D eigenvalue weighted by Crippen LogP contribution is 2.26. The van der Waals surface area contributed by atoms with E-state index in [0.717, 1.165) is 14.5 Å². The topological polar surface area (TPSA) is 69.6 Å². The number of hydrogen-bond acceptors (Lipinski definition) is 5. The van der Waals surface area contributed by atoms with Gasteiger partial charge in [0.05, 0.1) is 9.09 Å². The quantitative estimate of drug-likeness (QED) is 0.467. The second-order valence-corrected chi connectivity index (χ2v) is 6.47. The summed E-state index contributed by atoms with van der Waals surface area (Å²) in [5.74, 6) is 0.791. The Morgan fingerprint density at radius 1 is 1.09 bits per heavy atom. The molecule has 0 spiro atoms. The van der Waals surface area contributed by atoms with Gasteiger partial charge in [0.2, 0.25) is 0 Å². The zero-order valence-corrected chi connectivity index (χ0v) is 14.6. The predicted molar refractivity (Wildman–Crippen MR) is 94.7 cm³/mol. The standard InChI is InChI=1S/C16H12IN5O/c1-9-3-5-12-10(7-9)4-6-13(18-12)15-19-20-16(23-15)14-11(17)8-22(2)21-14/h3-8H,1-2H3. The molecule has 0 aliphatic heterocycles. The van der Waals surface area contributed by atoms with Crippen LogP contribution in [0.2, 0.25) is 0 Å². The van der Waals surface area contributed by atoms with Gasteiger partial charge in [-0.3, -0.25) is 4.68 Å². The molecule has 0 N–H and O–H groups in total. The van der Waals surface area contributed by atoms with Gasteiger partial charge in [0.15, 0.2) is 5.69 Å². The van der Waals surface area contributed by atoms with Gasteiger partial charge in [-0.1, -0.05) is 17.7 Å². The van der Waals surface area contributed by atoms with Crippen LogP contribution < -0.4 is 0 Å². The van der Waals surface area contributed by atoms with Crippen molar-refractivity contribution < 1.29 is 4.42 Å². The Labute approximate surface area is 145 Å². The molecular weight excluding hydrogens is 405 g/mol. The fourth-order valence-electron chi connectivity index (χ4n) is 2.39. The molecule has 0 radical (unpaired) electrons. The van der Waals surface area contributed by atoms with E-state index in [1.165, 1.54) is 5.56 Å². The first-order valence-corrected chi connectivity index (χ1v) is 8.09. The molecule has 0 aliphatic rings. The molecule has 1 aromatic carbocycles. The Hall–Kier alpha value is -2.29. The molecule has 114 valence electrons. The SMILES string of the molecule is Cc1ccc2nc(-c3nnc(-c4nn(C)cc4I)o3)ccc2c1. The van der Waals surface area contributed by atoms with Crippen molar-refractivity contribution in [2.45, 2.75) is 6.92 Å². The minimum Gasteiger partial charge on any atom is -0.413 e. The molecular formula is C16H12IN5O. The van der Waals surface area contributed by atoms with Crippen molar-refractivity contribution in [2.75, 3.05) is 0 Å². The molecule has 0 aliphatic carbocycles. The van der Waals surface area contributed by atoms with Gasteiger partial charge in [0.25, 0.3) is 11.8 Å². The van der Waals surface area contributed by atoms with Gasteiger partial charge in [-0.2, -0.15) is 5.10 Å². The highest BCUT2D eigenvalue weighted by molar-refractivity contribution is 14.1. The number of aromatic nitrogens is 5. The highest BCUT2D eigenvalue weighted by Gasteiger charge is 2.17. The number of hydrogen-bond donors (Lipinski definition) is 0. The van der Waals surface area contributed by atoms with Crippen molar-refractivity contribution in [1.29, 1.82) is 0 Å². The van der Waals surface area contributed by atoms with Crippen molar-refractivity contribution in [3.05, 3.63) is 45.7 Å². The Balaban J connectivity index is 1.77. The van der Waals surface area contributed by atoms with Crippen LogP contribution in [0, 0.1) is 10.5 Å². The summed E-state index contributed by atoms with van der Waals surface area (Å²) in [6, 6.07) is 10.0. The summed E-state index contributed by atoms with van der Waals surface area (Å²) in [6.07, 6.45) is 1.90. The van der Waals surface area contributed by atoms with E-state index in [0.29, 0.717) is 23.2 Å². The third-order valence-corrected chi connectivity index (χ3v) is 4.26. The first kappa shape index (κ1) is 14.3. The van der Waals surface area contributed by atoms with Crippen LogP contribution in [-0.4, -0.2) is 25.0 Å². The fourth-order valence-corrected chi connectivity index (χ4v) is 3.13. The van der Waals surface area contributed by atoms with Crippen LogP contribution in [0.3, 0.4) is 0 Å². The van der Waals surface area contributed by atoms with Crippen LogP contribution in [0.1, 0.15) is 5.56 Å². The molecule has 0 fully saturated rings. The largest absolute Gasteiger partial charge is 0.413 e. The Morgan fingerprint density at radius 3 is 2.70 bits per heavy atom. The number of pyridine rings is 1. The maximum atomic E-state index is 5.76. The lowest BCUT2D eigenvalue weighted by Gasteiger charge is -2.00. The maximum Gasteiger partial charge on any atom is 0.269 e. The molecule has 0 saturated carbocycles. The average Bonchev–Trinajstić information content (AvgIpc) is 3.13. The Kier molecular flexibility index (Phi) is 3.37. The van der Waals surface area contributed by atoms with Gasteiger partial charge in [0, 0.05) is 18.6 Å². The normalized spacial score (nSPS) is 11.3. The summed E-state index contributed by atoms with van der Waals surface area (Å²) in [5.41, 5.74) is 3.45. The van der Waals surface area contributed by atoms with Gasteiger partial charge < -0.3 is 4.42 Å². The smallest absolute Gasteiger partial charge is 0.269 e. The van der Waals surface area contributed by atoms with Crippen LogP contribution >= 0.6 is 22.6 Å². The maximum absolute atomic E-state index is 5.76. The lowest BCUT2D eigenvalue weighted by Crippen LogP contribution is -1.87. The molecule has 0 atom stereocenters. The van der Waals surface area contributed by atoms with E-state index in [2.05, 4.69) is 55.9 Å². The number of aryl methyl sites for hydroxylation is 2. The summed E-state index contributed by atoms with van der Waals surface area (Å²) in [6.45, 7) is 2.06. The van der Waals surface area contributed by atoms with E-state index in [-0.39, 0.29) is 0 Å². The zero-order chi connectivity index (χ0) is 16.0.